The summed E-state index contributed by atoms with van der Waals surface area (Å²) in [5, 5.41) is 9.03. The number of aliphatic hydroxyl groups excluding tert-OH is 1. The van der Waals surface area contributed by atoms with Crippen LogP contribution in [0, 0.1) is 0 Å². The Kier molecular flexibility index (Phi) is 4.32. The fraction of sp³-hybridized carbons (Fsp3) is 0.714. The van der Waals surface area contributed by atoms with Gasteiger partial charge >= 0.3 is 6.09 Å². The number of aliphatic hydroxyl groups is 1. The van der Waals surface area contributed by atoms with Gasteiger partial charge in [0.25, 0.3) is 0 Å². The summed E-state index contributed by atoms with van der Waals surface area (Å²) in [5.41, 5.74) is 0.230. The van der Waals surface area contributed by atoms with Gasteiger partial charge in [0.2, 0.25) is 0 Å². The van der Waals surface area contributed by atoms with Crippen molar-refractivity contribution in [3.8, 4) is 0 Å². The number of amides is 1. The van der Waals surface area contributed by atoms with Gasteiger partial charge in [-0.05, 0) is 33.6 Å². The van der Waals surface area contributed by atoms with E-state index in [9.17, 15) is 4.79 Å². The molecule has 20 heavy (non-hydrogen) atoms. The van der Waals surface area contributed by atoms with Crippen molar-refractivity contribution in [2.24, 2.45) is 0 Å². The third-order valence-corrected chi connectivity index (χ3v) is 3.35. The molecule has 112 valence electrons. The molecule has 1 saturated heterocycles. The standard InChI is InChI=1S/C14H23N3O3/c1-14(2,3)20-13(19)16-6-4-12(5-7-16)17-8-11(9-18)15-10-17/h8,10,12,18H,4-7,9H2,1-3H3. The van der Waals surface area contributed by atoms with Gasteiger partial charge < -0.3 is 19.3 Å². The van der Waals surface area contributed by atoms with Gasteiger partial charge in [0.15, 0.2) is 0 Å². The van der Waals surface area contributed by atoms with Crippen LogP contribution < -0.4 is 0 Å². The molecule has 0 unspecified atom stereocenters. The molecule has 1 N–H and O–H groups in total. The van der Waals surface area contributed by atoms with Crippen LogP contribution in [-0.2, 0) is 11.3 Å². The number of carbonyl (C=O) groups excluding carboxylic acids is 1. The third kappa shape index (κ3) is 3.72. The van der Waals surface area contributed by atoms with Crippen LogP contribution in [0.5, 0.6) is 0 Å². The quantitative estimate of drug-likeness (QED) is 0.899. The average Bonchev–Trinajstić information content (AvgIpc) is 2.85. The van der Waals surface area contributed by atoms with Crippen LogP contribution >= 0.6 is 0 Å². The maximum Gasteiger partial charge on any atom is 0.410 e. The number of piperidine rings is 1. The second kappa shape index (κ2) is 5.83. The van der Waals surface area contributed by atoms with Crippen LogP contribution in [0.4, 0.5) is 4.79 Å². The zero-order valence-electron chi connectivity index (χ0n) is 12.4. The van der Waals surface area contributed by atoms with Crippen LogP contribution in [0.3, 0.4) is 0 Å². The number of hydrogen-bond acceptors (Lipinski definition) is 4. The molecule has 6 nitrogen and oxygen atoms in total. The minimum atomic E-state index is -0.450. The minimum Gasteiger partial charge on any atom is -0.444 e. The van der Waals surface area contributed by atoms with Crippen LogP contribution in [0.15, 0.2) is 12.5 Å². The number of ether oxygens (including phenoxy) is 1. The molecule has 2 rings (SSSR count). The number of nitrogens with zero attached hydrogens (tertiary/aromatic N) is 3. The first-order valence-electron chi connectivity index (χ1n) is 7.00. The van der Waals surface area contributed by atoms with Crippen LogP contribution in [0.1, 0.15) is 45.3 Å². The molecule has 0 aromatic carbocycles. The SMILES string of the molecule is CC(C)(C)OC(=O)N1CCC(n2cnc(CO)c2)CC1. The molecule has 6 heteroatoms. The smallest absolute Gasteiger partial charge is 0.410 e. The summed E-state index contributed by atoms with van der Waals surface area (Å²) in [6, 6.07) is 0.335. The second-order valence-electron chi connectivity index (χ2n) is 6.17. The van der Waals surface area contributed by atoms with Crippen molar-refractivity contribution in [1.29, 1.82) is 0 Å². The molecule has 1 aromatic heterocycles. The Bertz CT molecular complexity index is 456. The van der Waals surface area contributed by atoms with Crippen molar-refractivity contribution in [3.63, 3.8) is 0 Å². The Morgan fingerprint density at radius 2 is 2.10 bits per heavy atom. The first kappa shape index (κ1) is 14.8. The molecule has 1 amide bonds. The van der Waals surface area contributed by atoms with Gasteiger partial charge in [0.1, 0.15) is 5.60 Å². The Labute approximate surface area is 119 Å². The van der Waals surface area contributed by atoms with Crippen molar-refractivity contribution in [2.75, 3.05) is 13.1 Å². The molecule has 0 radical (unpaired) electrons. The average molecular weight is 281 g/mol. The van der Waals surface area contributed by atoms with Gasteiger partial charge in [-0.1, -0.05) is 0 Å². The molecule has 1 aliphatic rings. The molecule has 0 atom stereocenters. The summed E-state index contributed by atoms with van der Waals surface area (Å²) in [6.45, 7) is 6.96. The van der Waals surface area contributed by atoms with E-state index >= 15 is 0 Å². The van der Waals surface area contributed by atoms with E-state index in [-0.39, 0.29) is 12.7 Å². The van der Waals surface area contributed by atoms with E-state index in [4.69, 9.17) is 9.84 Å². The van der Waals surface area contributed by atoms with E-state index in [0.717, 1.165) is 12.8 Å². The first-order valence-corrected chi connectivity index (χ1v) is 7.00. The predicted octanol–water partition coefficient (Wildman–Crippen LogP) is 1.95. The Morgan fingerprint density at radius 3 is 2.60 bits per heavy atom. The molecule has 2 heterocycles. The molecular weight excluding hydrogens is 258 g/mol. The fourth-order valence-electron chi connectivity index (χ4n) is 2.33. The van der Waals surface area contributed by atoms with E-state index in [1.165, 1.54) is 0 Å². The topological polar surface area (TPSA) is 67.6 Å². The highest BCUT2D eigenvalue weighted by atomic mass is 16.6. The summed E-state index contributed by atoms with van der Waals surface area (Å²) in [4.78, 5) is 17.8. The summed E-state index contributed by atoms with van der Waals surface area (Å²) in [7, 11) is 0. The van der Waals surface area contributed by atoms with E-state index in [1.807, 2.05) is 31.5 Å². The summed E-state index contributed by atoms with van der Waals surface area (Å²) < 4.78 is 7.40. The molecule has 0 aliphatic carbocycles. The van der Waals surface area contributed by atoms with Crippen molar-refractivity contribution in [1.82, 2.24) is 14.5 Å². The van der Waals surface area contributed by atoms with Gasteiger partial charge in [0, 0.05) is 25.3 Å². The lowest BCUT2D eigenvalue weighted by molar-refractivity contribution is 0.0188. The van der Waals surface area contributed by atoms with E-state index in [2.05, 4.69) is 4.98 Å². The van der Waals surface area contributed by atoms with Crippen LogP contribution in [-0.4, -0.2) is 44.3 Å². The molecular formula is C14H23N3O3. The molecule has 1 aliphatic heterocycles. The number of carbonyl (C=O) groups is 1. The zero-order valence-corrected chi connectivity index (χ0v) is 12.4. The van der Waals surface area contributed by atoms with Gasteiger partial charge in [-0.15, -0.1) is 0 Å². The van der Waals surface area contributed by atoms with Crippen molar-refractivity contribution >= 4 is 6.09 Å². The molecule has 1 fully saturated rings. The Morgan fingerprint density at radius 1 is 1.45 bits per heavy atom. The highest BCUT2D eigenvalue weighted by Gasteiger charge is 2.27. The third-order valence-electron chi connectivity index (χ3n) is 3.35. The molecule has 0 saturated carbocycles. The summed E-state index contributed by atoms with van der Waals surface area (Å²) >= 11 is 0. The minimum absolute atomic E-state index is 0.0379. The van der Waals surface area contributed by atoms with Gasteiger partial charge in [-0.3, -0.25) is 0 Å². The number of likely N-dealkylation sites (tertiary alicyclic amines) is 1. The van der Waals surface area contributed by atoms with Crippen molar-refractivity contribution in [2.45, 2.75) is 51.9 Å². The Balaban J connectivity index is 1.87. The fourth-order valence-corrected chi connectivity index (χ4v) is 2.33. The lowest BCUT2D eigenvalue weighted by Crippen LogP contribution is -2.42. The predicted molar refractivity (Wildman–Crippen MR) is 74.2 cm³/mol. The second-order valence-corrected chi connectivity index (χ2v) is 6.17. The number of aromatic nitrogens is 2. The van der Waals surface area contributed by atoms with Crippen LogP contribution in [0.25, 0.3) is 0 Å². The maximum absolute atomic E-state index is 12.0. The number of hydrogen-bond donors (Lipinski definition) is 1. The lowest BCUT2D eigenvalue weighted by atomic mass is 10.1. The number of imidazole rings is 1. The number of rotatable bonds is 2. The normalized spacial score (nSPS) is 17.3. The molecule has 1 aromatic rings. The van der Waals surface area contributed by atoms with Gasteiger partial charge in [-0.25, -0.2) is 9.78 Å². The lowest BCUT2D eigenvalue weighted by Gasteiger charge is -2.33. The summed E-state index contributed by atoms with van der Waals surface area (Å²) in [5.74, 6) is 0. The molecule has 0 bridgehead atoms. The maximum atomic E-state index is 12.0. The van der Waals surface area contributed by atoms with Gasteiger partial charge in [0.05, 0.1) is 18.6 Å². The summed E-state index contributed by atoms with van der Waals surface area (Å²) in [6.07, 6.45) is 5.13. The highest BCUT2D eigenvalue weighted by molar-refractivity contribution is 5.68. The highest BCUT2D eigenvalue weighted by Crippen LogP contribution is 2.24. The van der Waals surface area contributed by atoms with E-state index < -0.39 is 5.60 Å². The van der Waals surface area contributed by atoms with E-state index in [1.54, 1.807) is 11.2 Å². The zero-order chi connectivity index (χ0) is 14.8. The van der Waals surface area contributed by atoms with Gasteiger partial charge in [-0.2, -0.15) is 0 Å². The molecule has 0 spiro atoms. The van der Waals surface area contributed by atoms with Crippen molar-refractivity contribution < 1.29 is 14.6 Å². The van der Waals surface area contributed by atoms with Crippen molar-refractivity contribution in [3.05, 3.63) is 18.2 Å². The largest absolute Gasteiger partial charge is 0.444 e. The Hall–Kier alpha value is -1.56. The van der Waals surface area contributed by atoms with Crippen LogP contribution in [0.2, 0.25) is 0 Å². The monoisotopic (exact) mass is 281 g/mol. The first-order chi connectivity index (χ1) is 9.39. The van der Waals surface area contributed by atoms with E-state index in [0.29, 0.717) is 24.8 Å².